The molecular formula is C18H22N2O3. The fourth-order valence-electron chi connectivity index (χ4n) is 2.12. The van der Waals surface area contributed by atoms with Crippen LogP contribution < -0.4 is 9.47 Å². The predicted octanol–water partition coefficient (Wildman–Crippen LogP) is 5.12. The highest BCUT2D eigenvalue weighted by Crippen LogP contribution is 2.41. The van der Waals surface area contributed by atoms with E-state index in [4.69, 9.17) is 9.47 Å². The van der Waals surface area contributed by atoms with Gasteiger partial charge in [0.05, 0.1) is 19.9 Å². The summed E-state index contributed by atoms with van der Waals surface area (Å²) in [6, 6.07) is 10.7. The predicted molar refractivity (Wildman–Crippen MR) is 90.5 cm³/mol. The SMILES string of the molecule is COc1ccc(/N=N/c2cc(OC)cc(C(C)(C)C)c2O)cc1. The van der Waals surface area contributed by atoms with Crippen LogP contribution in [0.2, 0.25) is 0 Å². The standard InChI is InChI=1S/C18H22N2O3/c1-18(2,3)15-10-14(23-5)11-16(17(15)21)20-19-12-6-8-13(22-4)9-7-12/h6-11,21H,1-5H3/b20-19+. The van der Waals surface area contributed by atoms with Crippen molar-refractivity contribution in [2.45, 2.75) is 26.2 Å². The van der Waals surface area contributed by atoms with Crippen LogP contribution in [-0.2, 0) is 5.41 Å². The van der Waals surface area contributed by atoms with Crippen molar-refractivity contribution >= 4 is 11.4 Å². The van der Waals surface area contributed by atoms with E-state index in [1.165, 1.54) is 0 Å². The topological polar surface area (TPSA) is 63.4 Å². The largest absolute Gasteiger partial charge is 0.505 e. The second-order valence-corrected chi connectivity index (χ2v) is 6.19. The molecule has 2 rings (SSSR count). The van der Waals surface area contributed by atoms with Gasteiger partial charge >= 0.3 is 0 Å². The van der Waals surface area contributed by atoms with Crippen molar-refractivity contribution in [2.75, 3.05) is 14.2 Å². The first-order valence-corrected chi connectivity index (χ1v) is 7.32. The first kappa shape index (κ1) is 16.8. The van der Waals surface area contributed by atoms with E-state index >= 15 is 0 Å². The molecule has 5 nitrogen and oxygen atoms in total. The lowest BCUT2D eigenvalue weighted by atomic mass is 9.86. The highest BCUT2D eigenvalue weighted by molar-refractivity contribution is 5.61. The maximum Gasteiger partial charge on any atom is 0.147 e. The van der Waals surface area contributed by atoms with Gasteiger partial charge in [-0.2, -0.15) is 5.11 Å². The Morgan fingerprint density at radius 3 is 2.00 bits per heavy atom. The molecule has 0 aliphatic carbocycles. The van der Waals surface area contributed by atoms with Crippen LogP contribution >= 0.6 is 0 Å². The molecule has 0 aromatic heterocycles. The van der Waals surface area contributed by atoms with Crippen LogP contribution in [0, 0.1) is 0 Å². The third kappa shape index (κ3) is 4.00. The van der Waals surface area contributed by atoms with Crippen molar-refractivity contribution in [2.24, 2.45) is 10.2 Å². The van der Waals surface area contributed by atoms with Crippen LogP contribution in [0.1, 0.15) is 26.3 Å². The summed E-state index contributed by atoms with van der Waals surface area (Å²) >= 11 is 0. The van der Waals surface area contributed by atoms with E-state index in [-0.39, 0.29) is 11.2 Å². The molecule has 0 fully saturated rings. The lowest BCUT2D eigenvalue weighted by Crippen LogP contribution is -2.11. The highest BCUT2D eigenvalue weighted by Gasteiger charge is 2.21. The molecule has 0 saturated carbocycles. The Bertz CT molecular complexity index is 701. The maximum atomic E-state index is 10.5. The zero-order valence-electron chi connectivity index (χ0n) is 14.1. The Morgan fingerprint density at radius 1 is 0.870 bits per heavy atom. The smallest absolute Gasteiger partial charge is 0.147 e. The minimum Gasteiger partial charge on any atom is -0.505 e. The summed E-state index contributed by atoms with van der Waals surface area (Å²) in [6.45, 7) is 6.06. The molecule has 0 heterocycles. The number of hydrogen-bond acceptors (Lipinski definition) is 5. The van der Waals surface area contributed by atoms with Crippen molar-refractivity contribution in [1.29, 1.82) is 0 Å². The van der Waals surface area contributed by atoms with Gasteiger partial charge in [-0.15, -0.1) is 5.11 Å². The average Bonchev–Trinajstić information content (AvgIpc) is 2.53. The van der Waals surface area contributed by atoms with Crippen molar-refractivity contribution < 1.29 is 14.6 Å². The third-order valence-corrected chi connectivity index (χ3v) is 3.45. The quantitative estimate of drug-likeness (QED) is 0.796. The van der Waals surface area contributed by atoms with Crippen LogP contribution in [0.4, 0.5) is 11.4 Å². The number of rotatable bonds is 4. The zero-order valence-corrected chi connectivity index (χ0v) is 14.1. The van der Waals surface area contributed by atoms with E-state index in [1.807, 2.05) is 26.8 Å². The third-order valence-electron chi connectivity index (χ3n) is 3.45. The Balaban J connectivity index is 2.39. The summed E-state index contributed by atoms with van der Waals surface area (Å²) in [6.07, 6.45) is 0. The summed E-state index contributed by atoms with van der Waals surface area (Å²) in [5, 5.41) is 18.8. The number of ether oxygens (including phenoxy) is 2. The summed E-state index contributed by atoms with van der Waals surface area (Å²) in [4.78, 5) is 0. The molecule has 5 heteroatoms. The van der Waals surface area contributed by atoms with Gasteiger partial charge in [0.25, 0.3) is 0 Å². The van der Waals surface area contributed by atoms with Gasteiger partial charge < -0.3 is 14.6 Å². The van der Waals surface area contributed by atoms with Crippen LogP contribution in [-0.4, -0.2) is 19.3 Å². The van der Waals surface area contributed by atoms with Crippen LogP contribution in [0.3, 0.4) is 0 Å². The van der Waals surface area contributed by atoms with E-state index in [9.17, 15) is 5.11 Å². The highest BCUT2D eigenvalue weighted by atomic mass is 16.5. The number of phenols is 1. The Hall–Kier alpha value is -2.56. The normalized spacial score (nSPS) is 11.7. The van der Waals surface area contributed by atoms with Crippen LogP contribution in [0.15, 0.2) is 46.6 Å². The summed E-state index contributed by atoms with van der Waals surface area (Å²) in [7, 11) is 3.20. The molecule has 23 heavy (non-hydrogen) atoms. The van der Waals surface area contributed by atoms with Gasteiger partial charge in [-0.05, 0) is 35.7 Å². The number of azo groups is 1. The summed E-state index contributed by atoms with van der Waals surface area (Å²) < 4.78 is 10.4. The first-order chi connectivity index (χ1) is 10.8. The van der Waals surface area contributed by atoms with Crippen LogP contribution in [0.5, 0.6) is 17.2 Å². The van der Waals surface area contributed by atoms with E-state index in [0.29, 0.717) is 17.1 Å². The molecule has 0 unspecified atom stereocenters. The fraction of sp³-hybridized carbons (Fsp3) is 0.333. The number of hydrogen-bond donors (Lipinski definition) is 1. The molecular weight excluding hydrogens is 292 g/mol. The second kappa shape index (κ2) is 6.69. The number of phenolic OH excluding ortho intramolecular Hbond substituents is 1. The maximum absolute atomic E-state index is 10.5. The lowest BCUT2D eigenvalue weighted by molar-refractivity contribution is 0.406. The molecule has 0 spiro atoms. The lowest BCUT2D eigenvalue weighted by Gasteiger charge is -2.21. The number of nitrogens with zero attached hydrogens (tertiary/aromatic N) is 2. The number of aromatic hydroxyl groups is 1. The van der Waals surface area contributed by atoms with Gasteiger partial charge in [0.15, 0.2) is 0 Å². The molecule has 0 saturated heterocycles. The van der Waals surface area contributed by atoms with E-state index in [2.05, 4.69) is 10.2 Å². The first-order valence-electron chi connectivity index (χ1n) is 7.32. The summed E-state index contributed by atoms with van der Waals surface area (Å²) in [5.74, 6) is 1.51. The van der Waals surface area contributed by atoms with Crippen molar-refractivity contribution in [3.63, 3.8) is 0 Å². The number of methoxy groups -OCH3 is 2. The second-order valence-electron chi connectivity index (χ2n) is 6.19. The molecule has 0 atom stereocenters. The summed E-state index contributed by atoms with van der Waals surface area (Å²) in [5.41, 5.74) is 1.58. The molecule has 2 aromatic carbocycles. The molecule has 0 aliphatic rings. The Morgan fingerprint density at radius 2 is 1.48 bits per heavy atom. The minimum absolute atomic E-state index is 0.121. The molecule has 0 amide bonds. The minimum atomic E-state index is -0.233. The van der Waals surface area contributed by atoms with Crippen molar-refractivity contribution in [1.82, 2.24) is 0 Å². The van der Waals surface area contributed by atoms with Gasteiger partial charge in [0.2, 0.25) is 0 Å². The monoisotopic (exact) mass is 314 g/mol. The van der Waals surface area contributed by atoms with Crippen LogP contribution in [0.25, 0.3) is 0 Å². The van der Waals surface area contributed by atoms with Gasteiger partial charge in [0, 0.05) is 11.6 Å². The Labute approximate surface area is 136 Å². The average molecular weight is 314 g/mol. The molecule has 122 valence electrons. The Kier molecular flexibility index (Phi) is 4.89. The van der Waals surface area contributed by atoms with Gasteiger partial charge in [-0.3, -0.25) is 0 Å². The molecule has 0 aliphatic heterocycles. The van der Waals surface area contributed by atoms with Crippen molar-refractivity contribution in [3.8, 4) is 17.2 Å². The molecule has 0 bridgehead atoms. The number of benzene rings is 2. The van der Waals surface area contributed by atoms with E-state index in [0.717, 1.165) is 11.3 Å². The van der Waals surface area contributed by atoms with Gasteiger partial charge in [-0.25, -0.2) is 0 Å². The molecule has 1 N–H and O–H groups in total. The zero-order chi connectivity index (χ0) is 17.0. The van der Waals surface area contributed by atoms with E-state index in [1.54, 1.807) is 44.6 Å². The van der Waals surface area contributed by atoms with Gasteiger partial charge in [0.1, 0.15) is 22.9 Å². The van der Waals surface area contributed by atoms with Crippen molar-refractivity contribution in [3.05, 3.63) is 42.0 Å². The fourth-order valence-corrected chi connectivity index (χ4v) is 2.12. The molecule has 2 aromatic rings. The molecule has 0 radical (unpaired) electrons. The van der Waals surface area contributed by atoms with Gasteiger partial charge in [-0.1, -0.05) is 20.8 Å². The van der Waals surface area contributed by atoms with E-state index < -0.39 is 0 Å².